The van der Waals surface area contributed by atoms with Crippen LogP contribution < -0.4 is 15.2 Å². The molecule has 0 aliphatic carbocycles. The van der Waals surface area contributed by atoms with Crippen LogP contribution in [0.3, 0.4) is 0 Å². The average molecular weight is 377 g/mol. The smallest absolute Gasteiger partial charge is 0.221 e. The van der Waals surface area contributed by atoms with Crippen molar-refractivity contribution in [3.05, 3.63) is 40.7 Å². The molecule has 140 valence electrons. The molecule has 1 aromatic heterocycles. The summed E-state index contributed by atoms with van der Waals surface area (Å²) in [4.78, 5) is 10.7. The summed E-state index contributed by atoms with van der Waals surface area (Å²) in [6.07, 6.45) is 2.06. The first-order valence-corrected chi connectivity index (χ1v) is 9.29. The molecule has 1 aliphatic heterocycles. The van der Waals surface area contributed by atoms with Gasteiger partial charge in [0.15, 0.2) is 11.5 Å². The average Bonchev–Trinajstić information content (AvgIpc) is 2.62. The zero-order valence-corrected chi connectivity index (χ0v) is 16.0. The molecule has 0 atom stereocenters. The van der Waals surface area contributed by atoms with E-state index in [0.717, 1.165) is 49.7 Å². The fraction of sp³-hybridized carbons (Fsp3) is 0.474. The Bertz CT molecular complexity index is 728. The number of hydrogen-bond donors (Lipinski definition) is 1. The Hall–Kier alpha value is -2.05. The van der Waals surface area contributed by atoms with Gasteiger partial charge >= 0.3 is 0 Å². The summed E-state index contributed by atoms with van der Waals surface area (Å²) in [5, 5.41) is 0.414. The van der Waals surface area contributed by atoms with Gasteiger partial charge in [-0.2, -0.15) is 0 Å². The van der Waals surface area contributed by atoms with Gasteiger partial charge in [-0.25, -0.2) is 9.97 Å². The molecule has 0 saturated carbocycles. The number of likely N-dealkylation sites (tertiary alicyclic amines) is 1. The van der Waals surface area contributed by atoms with Crippen LogP contribution in [-0.4, -0.2) is 41.7 Å². The molecule has 1 saturated heterocycles. The Balaban J connectivity index is 1.61. The first kappa shape index (κ1) is 18.7. The highest BCUT2D eigenvalue weighted by Crippen LogP contribution is 2.31. The molecule has 26 heavy (non-hydrogen) atoms. The van der Waals surface area contributed by atoms with E-state index in [1.54, 1.807) is 7.11 Å². The number of nitrogen functional groups attached to an aromatic ring is 1. The number of benzene rings is 1. The van der Waals surface area contributed by atoms with Crippen LogP contribution in [0.15, 0.2) is 24.3 Å². The fourth-order valence-corrected chi connectivity index (χ4v) is 3.59. The molecule has 2 heterocycles. The highest BCUT2D eigenvalue weighted by molar-refractivity contribution is 6.29. The molecule has 7 heteroatoms. The highest BCUT2D eigenvalue weighted by Gasteiger charge is 2.22. The lowest BCUT2D eigenvalue weighted by atomic mass is 9.93. The largest absolute Gasteiger partial charge is 0.493 e. The highest BCUT2D eigenvalue weighted by atomic mass is 35.5. The normalized spacial score (nSPS) is 15.8. The number of piperidine rings is 1. The van der Waals surface area contributed by atoms with Crippen molar-refractivity contribution in [2.24, 2.45) is 0 Å². The van der Waals surface area contributed by atoms with E-state index in [-0.39, 0.29) is 5.95 Å². The summed E-state index contributed by atoms with van der Waals surface area (Å²) in [5.74, 6) is 2.20. The minimum absolute atomic E-state index is 0.247. The van der Waals surface area contributed by atoms with Crippen molar-refractivity contribution < 1.29 is 9.47 Å². The summed E-state index contributed by atoms with van der Waals surface area (Å²) in [7, 11) is 1.66. The van der Waals surface area contributed by atoms with Gasteiger partial charge in [-0.1, -0.05) is 17.7 Å². The van der Waals surface area contributed by atoms with Gasteiger partial charge in [-0.05, 0) is 56.6 Å². The second-order valence-electron chi connectivity index (χ2n) is 6.44. The number of aromatic nitrogens is 2. The number of anilines is 1. The van der Waals surface area contributed by atoms with Crippen LogP contribution in [0.4, 0.5) is 5.95 Å². The topological polar surface area (TPSA) is 73.5 Å². The van der Waals surface area contributed by atoms with Gasteiger partial charge in [0.25, 0.3) is 0 Å². The van der Waals surface area contributed by atoms with Crippen molar-refractivity contribution in [2.75, 3.05) is 32.5 Å². The number of hydrogen-bond acceptors (Lipinski definition) is 6. The molecule has 0 unspecified atom stereocenters. The Morgan fingerprint density at radius 1 is 1.19 bits per heavy atom. The van der Waals surface area contributed by atoms with Crippen LogP contribution in [0.25, 0.3) is 0 Å². The van der Waals surface area contributed by atoms with Crippen molar-refractivity contribution in [3.63, 3.8) is 0 Å². The summed E-state index contributed by atoms with van der Waals surface area (Å²) in [6.45, 7) is 5.49. The van der Waals surface area contributed by atoms with Crippen LogP contribution in [0.2, 0.25) is 5.15 Å². The van der Waals surface area contributed by atoms with E-state index in [1.807, 2.05) is 19.1 Å². The Morgan fingerprint density at radius 3 is 2.62 bits per heavy atom. The van der Waals surface area contributed by atoms with Gasteiger partial charge in [0, 0.05) is 12.5 Å². The van der Waals surface area contributed by atoms with Crippen molar-refractivity contribution in [1.29, 1.82) is 0 Å². The van der Waals surface area contributed by atoms with E-state index < -0.39 is 0 Å². The van der Waals surface area contributed by atoms with E-state index in [9.17, 15) is 0 Å². The molecule has 0 radical (unpaired) electrons. The van der Waals surface area contributed by atoms with Crippen molar-refractivity contribution in [3.8, 4) is 11.5 Å². The lowest BCUT2D eigenvalue weighted by Crippen LogP contribution is -2.32. The maximum atomic E-state index is 6.01. The molecular formula is C19H25ClN4O2. The molecule has 0 bridgehead atoms. The van der Waals surface area contributed by atoms with E-state index in [4.69, 9.17) is 26.8 Å². The first-order valence-electron chi connectivity index (χ1n) is 8.91. The Labute approximate surface area is 159 Å². The van der Waals surface area contributed by atoms with E-state index in [2.05, 4.69) is 27.0 Å². The first-order chi connectivity index (χ1) is 12.6. The van der Waals surface area contributed by atoms with E-state index >= 15 is 0 Å². The monoisotopic (exact) mass is 376 g/mol. The third-order valence-electron chi connectivity index (χ3n) is 4.67. The fourth-order valence-electron chi connectivity index (χ4n) is 3.40. The minimum atomic E-state index is 0.247. The molecule has 0 spiro atoms. The van der Waals surface area contributed by atoms with Gasteiger partial charge in [0.05, 0.1) is 19.4 Å². The third kappa shape index (κ3) is 4.56. The predicted molar refractivity (Wildman–Crippen MR) is 103 cm³/mol. The Kier molecular flexibility index (Phi) is 6.16. The van der Waals surface area contributed by atoms with E-state index in [0.29, 0.717) is 17.7 Å². The van der Waals surface area contributed by atoms with Crippen molar-refractivity contribution in [2.45, 2.75) is 32.2 Å². The van der Waals surface area contributed by atoms with Crippen LogP contribution in [0.1, 0.15) is 36.9 Å². The summed E-state index contributed by atoms with van der Waals surface area (Å²) in [6, 6.07) is 7.96. The Morgan fingerprint density at radius 2 is 1.96 bits per heavy atom. The number of nitrogens with two attached hydrogens (primary N) is 1. The maximum Gasteiger partial charge on any atom is 0.221 e. The van der Waals surface area contributed by atoms with Crippen molar-refractivity contribution in [1.82, 2.24) is 14.9 Å². The van der Waals surface area contributed by atoms with Crippen molar-refractivity contribution >= 4 is 17.5 Å². The molecule has 1 aromatic carbocycles. The van der Waals surface area contributed by atoms with Gasteiger partial charge in [0.2, 0.25) is 5.95 Å². The molecule has 1 fully saturated rings. The summed E-state index contributed by atoms with van der Waals surface area (Å²) >= 11 is 6.01. The second kappa shape index (κ2) is 8.56. The number of rotatable bonds is 6. The number of ether oxygens (including phenoxy) is 2. The lowest BCUT2D eigenvalue weighted by molar-refractivity contribution is 0.203. The molecule has 3 rings (SSSR count). The van der Waals surface area contributed by atoms with Crippen LogP contribution >= 0.6 is 11.6 Å². The predicted octanol–water partition coefficient (Wildman–Crippen LogP) is 3.50. The summed E-state index contributed by atoms with van der Waals surface area (Å²) in [5.41, 5.74) is 7.89. The number of nitrogens with zero attached hydrogens (tertiary/aromatic N) is 3. The maximum absolute atomic E-state index is 6.01. The SMILES string of the molecule is CCOc1cc(CN2CCC(c3cc(Cl)nc(N)n3)CC2)ccc1OC. The van der Waals surface area contributed by atoms with Crippen LogP contribution in [0, 0.1) is 0 Å². The molecule has 1 aliphatic rings. The zero-order chi connectivity index (χ0) is 18.5. The minimum Gasteiger partial charge on any atom is -0.493 e. The standard InChI is InChI=1S/C19H25ClN4O2/c1-3-26-17-10-13(4-5-16(17)25-2)12-24-8-6-14(7-9-24)15-11-18(20)23-19(21)22-15/h4-5,10-11,14H,3,6-9,12H2,1-2H3,(H2,21,22,23). The number of methoxy groups -OCH3 is 1. The van der Waals surface area contributed by atoms with Gasteiger partial charge in [-0.15, -0.1) is 0 Å². The molecule has 2 aromatic rings. The van der Waals surface area contributed by atoms with Gasteiger partial charge in [0.1, 0.15) is 5.15 Å². The number of halogens is 1. The molecule has 2 N–H and O–H groups in total. The van der Waals surface area contributed by atoms with Gasteiger partial charge in [-0.3, -0.25) is 4.90 Å². The lowest BCUT2D eigenvalue weighted by Gasteiger charge is -2.31. The van der Waals surface area contributed by atoms with Crippen LogP contribution in [0.5, 0.6) is 11.5 Å². The van der Waals surface area contributed by atoms with Gasteiger partial charge < -0.3 is 15.2 Å². The third-order valence-corrected chi connectivity index (χ3v) is 4.87. The quantitative estimate of drug-likeness (QED) is 0.778. The van der Waals surface area contributed by atoms with Crippen LogP contribution in [-0.2, 0) is 6.54 Å². The second-order valence-corrected chi connectivity index (χ2v) is 6.83. The molecule has 6 nitrogen and oxygen atoms in total. The molecule has 0 amide bonds. The van der Waals surface area contributed by atoms with E-state index in [1.165, 1.54) is 5.56 Å². The molecular weight excluding hydrogens is 352 g/mol. The summed E-state index contributed by atoms with van der Waals surface area (Å²) < 4.78 is 11.0. The zero-order valence-electron chi connectivity index (χ0n) is 15.2.